The molecule has 0 unspecified atom stereocenters. The van der Waals surface area contributed by atoms with E-state index in [9.17, 15) is 0 Å². The maximum atomic E-state index is 0. The second-order valence-corrected chi connectivity index (χ2v) is 0. The van der Waals surface area contributed by atoms with Crippen molar-refractivity contribution >= 4 is 0 Å². The molecule has 64 valence electrons. The first-order chi connectivity index (χ1) is 0. The van der Waals surface area contributed by atoms with Gasteiger partial charge in [-0.1, -0.05) is 0 Å². The van der Waals surface area contributed by atoms with Crippen molar-refractivity contribution < 1.29 is 0 Å². The third-order valence-corrected chi connectivity index (χ3v) is 0. The molecule has 0 aromatic rings. The second-order valence-electron chi connectivity index (χ2n) is 0. The summed E-state index contributed by atoms with van der Waals surface area (Å²) in [6, 6.07) is 0. The highest BCUT2D eigenvalue weighted by molar-refractivity contribution is 2.14. The quantitative estimate of drug-likeness (QED) is 0.239. The third kappa shape index (κ3) is 1210. The minimum Gasteiger partial charge on any atom is -0.344 e. The average molecular weight is 136 g/mol. The van der Waals surface area contributed by atoms with Crippen molar-refractivity contribution in [2.75, 3.05) is 0 Å². The lowest BCUT2D eigenvalue weighted by atomic mass is 14.0. The maximum Gasteiger partial charge on any atom is -0.344 e. The van der Waals surface area contributed by atoms with Gasteiger partial charge in [0.2, 0.25) is 0 Å². The molecule has 8 heteroatoms. The topological polar surface area (TPSA) is 280 Å². The van der Waals surface area contributed by atoms with Crippen molar-refractivity contribution in [2.45, 2.75) is 0 Å². The summed E-state index contributed by atoms with van der Waals surface area (Å²) in [4.78, 5) is 0. The summed E-state index contributed by atoms with van der Waals surface area (Å²) >= 11 is 0. The molecule has 0 saturated carbocycles. The molecule has 0 aliphatic carbocycles. The van der Waals surface area contributed by atoms with E-state index in [1.54, 1.807) is 0 Å². The Morgan fingerprint density at radius 3 is 0.125 bits per heavy atom. The smallest absolute Gasteiger partial charge is 0.344 e. The van der Waals surface area contributed by atoms with Crippen LogP contribution >= 0.6 is 0 Å². The van der Waals surface area contributed by atoms with Gasteiger partial charge in [0.15, 0.2) is 0 Å². The molecule has 0 aromatic carbocycles. The molecule has 0 saturated heterocycles. The van der Waals surface area contributed by atoms with Gasteiger partial charge in [-0.05, 0) is 0 Å². The fourth-order valence-electron chi connectivity index (χ4n) is 0. The molecule has 0 spiro atoms. The van der Waals surface area contributed by atoms with E-state index < -0.39 is 0 Å². The summed E-state index contributed by atoms with van der Waals surface area (Å²) in [5.74, 6) is 0. The van der Waals surface area contributed by atoms with E-state index in [0.717, 1.165) is 0 Å². The monoisotopic (exact) mass is 136 g/mol. The summed E-state index contributed by atoms with van der Waals surface area (Å²) in [7, 11) is 0. The Kier molecular flexibility index (Phi) is 880000. The van der Waals surface area contributed by atoms with Crippen LogP contribution in [-0.4, -0.2) is 0 Å². The molecule has 8 nitrogen and oxygen atoms in total. The molecule has 0 rings (SSSR count). The van der Waals surface area contributed by atoms with Crippen molar-refractivity contribution in [2.24, 2.45) is 0 Å². The van der Waals surface area contributed by atoms with E-state index >= 15 is 0 Å². The Balaban J connectivity index is 0. The van der Waals surface area contributed by atoms with Crippen LogP contribution in [0.2, 0.25) is 0 Å². The van der Waals surface area contributed by atoms with Gasteiger partial charge >= 0.3 is 0 Å². The largest absolute Gasteiger partial charge is 0.344 e. The normalized spacial score (nSPS) is 0. The van der Waals surface area contributed by atoms with Crippen LogP contribution in [0.15, 0.2) is 0 Å². The minimum absolute atomic E-state index is 0. The SMILES string of the molecule is N.N.N.N.N.N.N.N. The molecular formula is H24N8. The van der Waals surface area contributed by atoms with Crippen molar-refractivity contribution in [1.82, 2.24) is 49.2 Å². The van der Waals surface area contributed by atoms with Gasteiger partial charge in [-0.15, -0.1) is 0 Å². The lowest BCUT2D eigenvalue weighted by Crippen LogP contribution is -0.482. The van der Waals surface area contributed by atoms with E-state index in [4.69, 9.17) is 0 Å². The molecule has 24 N–H and O–H groups in total. The van der Waals surface area contributed by atoms with Gasteiger partial charge in [-0.25, -0.2) is 0 Å². The predicted molar refractivity (Wildman–Crippen MR) is 40.2 cm³/mol. The van der Waals surface area contributed by atoms with Gasteiger partial charge in [0, 0.05) is 0 Å². The van der Waals surface area contributed by atoms with Gasteiger partial charge in [-0.3, -0.25) is 0 Å². The van der Waals surface area contributed by atoms with Crippen LogP contribution in [0.1, 0.15) is 0 Å². The van der Waals surface area contributed by atoms with Crippen molar-refractivity contribution in [3.63, 3.8) is 0 Å². The van der Waals surface area contributed by atoms with Gasteiger partial charge in [0.25, 0.3) is 0 Å². The zero-order chi connectivity index (χ0) is 0. The lowest BCUT2D eigenvalue weighted by molar-refractivity contribution is 2.13. The zero-order valence-electron chi connectivity index (χ0n) is 5.66. The van der Waals surface area contributed by atoms with Crippen LogP contribution in [0, 0.1) is 0 Å². The molecule has 0 aliphatic rings. The maximum absolute atomic E-state index is 0. The molecule has 0 heterocycles. The van der Waals surface area contributed by atoms with Crippen molar-refractivity contribution in [3.05, 3.63) is 0 Å². The highest BCUT2D eigenvalue weighted by Gasteiger charge is -0.337. The van der Waals surface area contributed by atoms with Crippen LogP contribution in [0.3, 0.4) is 0 Å². The van der Waals surface area contributed by atoms with Crippen LogP contribution in [0.5, 0.6) is 0 Å². The van der Waals surface area contributed by atoms with E-state index in [0.29, 0.717) is 0 Å². The van der Waals surface area contributed by atoms with E-state index in [2.05, 4.69) is 0 Å². The Bertz CT molecular complexity index is 0. The molecule has 0 fully saturated rings. The molecular weight excluding hydrogens is 112 g/mol. The third-order valence-electron chi connectivity index (χ3n) is 0. The summed E-state index contributed by atoms with van der Waals surface area (Å²) in [5.41, 5.74) is 0. The van der Waals surface area contributed by atoms with Crippen LogP contribution < -0.4 is 49.2 Å². The van der Waals surface area contributed by atoms with Crippen LogP contribution in [0.4, 0.5) is 0 Å². The van der Waals surface area contributed by atoms with Crippen molar-refractivity contribution in [1.29, 1.82) is 0 Å². The lowest BCUT2D eigenvalue weighted by Gasteiger charge is -0.345. The summed E-state index contributed by atoms with van der Waals surface area (Å²) in [6.07, 6.45) is 0. The summed E-state index contributed by atoms with van der Waals surface area (Å²) in [5, 5.41) is 0. The zero-order valence-corrected chi connectivity index (χ0v) is 5.66. The minimum atomic E-state index is 0. The van der Waals surface area contributed by atoms with Gasteiger partial charge in [-0.2, -0.15) is 0 Å². The van der Waals surface area contributed by atoms with Crippen LogP contribution in [0.25, 0.3) is 0 Å². The molecule has 0 aromatic heterocycles. The number of hydrogen-bond acceptors (Lipinski definition) is 8. The van der Waals surface area contributed by atoms with Gasteiger partial charge in [0.1, 0.15) is 0 Å². The number of hydrogen-bond donors (Lipinski definition) is 8. The fraction of sp³-hybridized carbons (Fsp3) is 0. The van der Waals surface area contributed by atoms with Gasteiger partial charge in [0.05, 0.1) is 0 Å². The first kappa shape index (κ1) is 3350. The molecule has 0 bridgehead atoms. The molecule has 0 radical (unpaired) electrons. The second kappa shape index (κ2) is 2100. The Hall–Kier alpha value is -0.320. The number of rotatable bonds is 0. The molecule has 0 amide bonds. The average Bonchev–Trinajstić information content (AvgIpc) is 0. The Morgan fingerprint density at radius 1 is 0.125 bits per heavy atom. The molecule has 0 atom stereocenters. The predicted octanol–water partition coefficient (Wildman–Crippen LogP) is 1.30. The van der Waals surface area contributed by atoms with Crippen LogP contribution in [-0.2, 0) is 0 Å². The highest BCUT2D eigenvalue weighted by atomic mass is 14.0. The fourth-order valence-corrected chi connectivity index (χ4v) is 0. The highest BCUT2D eigenvalue weighted by Crippen LogP contribution is -0.474. The first-order valence-corrected chi connectivity index (χ1v) is 0. The summed E-state index contributed by atoms with van der Waals surface area (Å²) < 4.78 is 0. The van der Waals surface area contributed by atoms with E-state index in [1.165, 1.54) is 0 Å². The standard InChI is InChI=1S/8H3N/h8*1H3. The molecule has 8 heavy (non-hydrogen) atoms. The van der Waals surface area contributed by atoms with Crippen molar-refractivity contribution in [3.8, 4) is 0 Å². The van der Waals surface area contributed by atoms with E-state index in [1.807, 2.05) is 0 Å². The first-order valence-electron chi connectivity index (χ1n) is 0. The summed E-state index contributed by atoms with van der Waals surface area (Å²) in [6.45, 7) is 0. The van der Waals surface area contributed by atoms with Gasteiger partial charge < -0.3 is 49.2 Å². The Morgan fingerprint density at radius 2 is 0.125 bits per heavy atom. The Labute approximate surface area is 50.5 Å². The molecule has 0 aliphatic heterocycles. The van der Waals surface area contributed by atoms with E-state index in [-0.39, 0.29) is 49.2 Å².